The van der Waals surface area contributed by atoms with Crippen LogP contribution in [0.2, 0.25) is 0 Å². The van der Waals surface area contributed by atoms with Gasteiger partial charge in [-0.15, -0.1) is 11.6 Å². The maximum atomic E-state index is 12.0. The third kappa shape index (κ3) is 3.70. The van der Waals surface area contributed by atoms with Crippen LogP contribution in [0.4, 0.5) is 0 Å². The lowest BCUT2D eigenvalue weighted by atomic mass is 9.46. The van der Waals surface area contributed by atoms with Gasteiger partial charge in [-0.2, -0.15) is 0 Å². The predicted molar refractivity (Wildman–Crippen MR) is 129 cm³/mol. The number of hydrogen-bond acceptors (Lipinski definition) is 2. The van der Waals surface area contributed by atoms with E-state index in [2.05, 4.69) is 46.6 Å². The van der Waals surface area contributed by atoms with Crippen LogP contribution in [0.5, 0.6) is 0 Å². The molecule has 1 N–H and O–H groups in total. The summed E-state index contributed by atoms with van der Waals surface area (Å²) >= 11 is 6.57. The molecule has 3 saturated carbocycles. The van der Waals surface area contributed by atoms with Crippen molar-refractivity contribution in [2.24, 2.45) is 46.3 Å². The average Bonchev–Trinajstić information content (AvgIpc) is 3.06. The zero-order valence-corrected chi connectivity index (χ0v) is 21.0. The Hall–Kier alpha value is -0.560. The predicted octanol–water partition coefficient (Wildman–Crippen LogP) is 6.97. The van der Waals surface area contributed by atoms with Crippen molar-refractivity contribution < 1.29 is 9.90 Å². The molecule has 0 saturated heterocycles. The van der Waals surface area contributed by atoms with Gasteiger partial charge in [0.1, 0.15) is 5.94 Å². The van der Waals surface area contributed by atoms with Crippen LogP contribution in [0, 0.1) is 46.3 Å². The van der Waals surface area contributed by atoms with E-state index in [-0.39, 0.29) is 5.41 Å². The first kappa shape index (κ1) is 23.6. The summed E-state index contributed by atoms with van der Waals surface area (Å²) in [5.74, 6) is 6.49. The van der Waals surface area contributed by atoms with Crippen molar-refractivity contribution in [2.75, 3.05) is 0 Å². The standard InChI is InChI=1S/C28H43ClO2/c1-17(2)7-6-8-18(3)21-11-12-22-20-10-9-19-15-25(31)26(29)24(16-30)28(19,5)23(20)13-14-27(21,22)4/h9,17-18,20-23,25-26,31H,6-8,10-15H2,1-5H3/t18-,20+,21-,22+,23+,25+,26?,27-,28+/m1/s1. The molecule has 0 amide bonds. The number of fused-ring (bicyclic) bond motifs is 5. The van der Waals surface area contributed by atoms with Gasteiger partial charge in [-0.25, -0.2) is 4.79 Å². The Kier molecular flexibility index (Phi) is 6.59. The monoisotopic (exact) mass is 446 g/mol. The number of aliphatic hydroxyl groups excluding tert-OH is 1. The van der Waals surface area contributed by atoms with Gasteiger partial charge in [0.05, 0.1) is 11.5 Å². The van der Waals surface area contributed by atoms with Gasteiger partial charge in [-0.1, -0.05) is 65.5 Å². The molecule has 2 nitrogen and oxygen atoms in total. The number of aliphatic hydroxyl groups is 1. The maximum Gasteiger partial charge on any atom is 0.126 e. The molecule has 0 radical (unpaired) electrons. The number of allylic oxidation sites excluding steroid dienone is 1. The van der Waals surface area contributed by atoms with Crippen molar-refractivity contribution >= 4 is 17.5 Å². The minimum atomic E-state index is -0.662. The fourth-order valence-electron chi connectivity index (χ4n) is 8.72. The van der Waals surface area contributed by atoms with Crippen LogP contribution in [-0.4, -0.2) is 22.5 Å². The molecule has 0 spiro atoms. The largest absolute Gasteiger partial charge is 0.391 e. The van der Waals surface area contributed by atoms with E-state index in [1.165, 1.54) is 50.5 Å². The fourth-order valence-corrected chi connectivity index (χ4v) is 9.08. The summed E-state index contributed by atoms with van der Waals surface area (Å²) in [6, 6.07) is 0. The van der Waals surface area contributed by atoms with Gasteiger partial charge in [0.2, 0.25) is 0 Å². The molecule has 0 bridgehead atoms. The molecule has 9 atom stereocenters. The van der Waals surface area contributed by atoms with E-state index in [0.29, 0.717) is 29.2 Å². The van der Waals surface area contributed by atoms with Crippen molar-refractivity contribution in [3.8, 4) is 0 Å². The molecule has 4 aliphatic carbocycles. The Morgan fingerprint density at radius 2 is 1.90 bits per heavy atom. The topological polar surface area (TPSA) is 37.3 Å². The van der Waals surface area contributed by atoms with E-state index in [9.17, 15) is 9.90 Å². The zero-order chi connectivity index (χ0) is 22.6. The highest BCUT2D eigenvalue weighted by Crippen LogP contribution is 2.68. The fraction of sp³-hybridized carbons (Fsp3) is 0.857. The molecule has 3 fully saturated rings. The van der Waals surface area contributed by atoms with Crippen LogP contribution in [0.3, 0.4) is 0 Å². The zero-order valence-electron chi connectivity index (χ0n) is 20.3. The van der Waals surface area contributed by atoms with Crippen LogP contribution in [0.25, 0.3) is 0 Å². The summed E-state index contributed by atoms with van der Waals surface area (Å²) in [6.07, 6.45) is 12.6. The molecule has 174 valence electrons. The number of carbonyl (C=O) groups excluding carboxylic acids is 1. The third-order valence-corrected chi connectivity index (χ3v) is 10.9. The molecular weight excluding hydrogens is 404 g/mol. The lowest BCUT2D eigenvalue weighted by Crippen LogP contribution is -2.53. The summed E-state index contributed by atoms with van der Waals surface area (Å²) in [5.41, 5.74) is 1.99. The summed E-state index contributed by atoms with van der Waals surface area (Å²) in [6.45, 7) is 12.0. The Balaban J connectivity index is 1.57. The van der Waals surface area contributed by atoms with E-state index in [1.54, 1.807) is 0 Å². The second kappa shape index (κ2) is 8.66. The van der Waals surface area contributed by atoms with Crippen molar-refractivity contribution in [2.45, 2.75) is 104 Å². The first-order valence-corrected chi connectivity index (χ1v) is 13.3. The molecule has 0 aromatic heterocycles. The van der Waals surface area contributed by atoms with E-state index < -0.39 is 11.5 Å². The lowest BCUT2D eigenvalue weighted by molar-refractivity contribution is -0.0416. The van der Waals surface area contributed by atoms with Crippen molar-refractivity contribution in [1.29, 1.82) is 0 Å². The number of halogens is 1. The summed E-state index contributed by atoms with van der Waals surface area (Å²) < 4.78 is 0. The highest BCUT2D eigenvalue weighted by Gasteiger charge is 2.61. The van der Waals surface area contributed by atoms with E-state index in [1.807, 2.05) is 0 Å². The maximum absolute atomic E-state index is 12.0. The Morgan fingerprint density at radius 1 is 1.16 bits per heavy atom. The van der Waals surface area contributed by atoms with Crippen LogP contribution in [0.1, 0.15) is 92.4 Å². The normalized spacial score (nSPS) is 45.4. The first-order valence-electron chi connectivity index (χ1n) is 12.9. The molecular formula is C28H43ClO2. The van der Waals surface area contributed by atoms with E-state index in [0.717, 1.165) is 30.1 Å². The minimum absolute atomic E-state index is 0.307. The van der Waals surface area contributed by atoms with Gasteiger partial charge < -0.3 is 5.11 Å². The Morgan fingerprint density at radius 3 is 2.58 bits per heavy atom. The van der Waals surface area contributed by atoms with Gasteiger partial charge in [-0.3, -0.25) is 0 Å². The molecule has 4 aliphatic rings. The quantitative estimate of drug-likeness (QED) is 0.281. The van der Waals surface area contributed by atoms with Crippen LogP contribution in [0.15, 0.2) is 17.2 Å². The van der Waals surface area contributed by atoms with Crippen molar-refractivity contribution in [1.82, 2.24) is 0 Å². The van der Waals surface area contributed by atoms with Gasteiger partial charge in [0, 0.05) is 11.0 Å². The molecule has 3 heteroatoms. The Bertz CT molecular complexity index is 765. The summed E-state index contributed by atoms with van der Waals surface area (Å²) in [7, 11) is 0. The van der Waals surface area contributed by atoms with Crippen LogP contribution in [-0.2, 0) is 4.79 Å². The molecule has 4 rings (SSSR count). The third-order valence-electron chi connectivity index (χ3n) is 10.4. The van der Waals surface area contributed by atoms with Gasteiger partial charge >= 0.3 is 0 Å². The van der Waals surface area contributed by atoms with E-state index in [4.69, 9.17) is 11.6 Å². The number of rotatable bonds is 5. The van der Waals surface area contributed by atoms with Crippen LogP contribution < -0.4 is 0 Å². The SMILES string of the molecule is CC(C)CCC[C@@H](C)[C@H]1CC[C@H]2[C@@H]3CC=C4C[C@H](O)C(Cl)C(=C=O)[C@]4(C)[C@H]3CC[C@]12C. The van der Waals surface area contributed by atoms with Crippen molar-refractivity contribution in [3.63, 3.8) is 0 Å². The minimum Gasteiger partial charge on any atom is -0.391 e. The second-order valence-corrected chi connectivity index (χ2v) is 12.7. The van der Waals surface area contributed by atoms with Gasteiger partial charge in [-0.05, 0) is 79.4 Å². The molecule has 0 aromatic rings. The number of alkyl halides is 1. The molecule has 0 heterocycles. The van der Waals surface area contributed by atoms with Crippen molar-refractivity contribution in [3.05, 3.63) is 17.2 Å². The smallest absolute Gasteiger partial charge is 0.126 e. The highest BCUT2D eigenvalue weighted by molar-refractivity contribution is 6.23. The number of hydrogen-bond donors (Lipinski definition) is 1. The van der Waals surface area contributed by atoms with Crippen LogP contribution >= 0.6 is 11.6 Å². The van der Waals surface area contributed by atoms with E-state index >= 15 is 0 Å². The van der Waals surface area contributed by atoms with Gasteiger partial charge in [0.15, 0.2) is 0 Å². The first-order chi connectivity index (χ1) is 14.6. The Labute approximate surface area is 194 Å². The second-order valence-electron chi connectivity index (χ2n) is 12.3. The highest BCUT2D eigenvalue weighted by atomic mass is 35.5. The average molecular weight is 447 g/mol. The van der Waals surface area contributed by atoms with Gasteiger partial charge in [0.25, 0.3) is 0 Å². The molecule has 31 heavy (non-hydrogen) atoms. The molecule has 0 aliphatic heterocycles. The molecule has 1 unspecified atom stereocenters. The summed E-state index contributed by atoms with van der Waals surface area (Å²) in [4.78, 5) is 12.0. The summed E-state index contributed by atoms with van der Waals surface area (Å²) in [5, 5.41) is 9.85. The molecule has 0 aromatic carbocycles. The lowest BCUT2D eigenvalue weighted by Gasteiger charge is -2.59.